The maximum atomic E-state index is 13.7. The number of aliphatic hydroxyl groups excluding tert-OH is 1. The summed E-state index contributed by atoms with van der Waals surface area (Å²) in [6.45, 7) is 4.47. The predicted molar refractivity (Wildman–Crippen MR) is 157 cm³/mol. The molecule has 4 rings (SSSR count). The number of benzene rings is 3. The lowest BCUT2D eigenvalue weighted by molar-refractivity contribution is -0.147. The van der Waals surface area contributed by atoms with Crippen LogP contribution in [0, 0.1) is 0 Å². The summed E-state index contributed by atoms with van der Waals surface area (Å²) in [5, 5.41) is 19.9. The highest BCUT2D eigenvalue weighted by Crippen LogP contribution is 2.39. The number of nitrogens with zero attached hydrogens (tertiary/aromatic N) is 1. The smallest absolute Gasteiger partial charge is 0.315 e. The van der Waals surface area contributed by atoms with E-state index in [1.165, 1.54) is 16.7 Å². The largest absolute Gasteiger partial charge is 0.381 e. The molecule has 1 saturated heterocycles. The van der Waals surface area contributed by atoms with Crippen molar-refractivity contribution in [1.82, 2.24) is 20.9 Å². The van der Waals surface area contributed by atoms with E-state index >= 15 is 0 Å². The van der Waals surface area contributed by atoms with Gasteiger partial charge in [0.05, 0.1) is 11.9 Å². The number of hydrogen-bond acceptors (Lipinski definition) is 5. The van der Waals surface area contributed by atoms with Gasteiger partial charge in [0.25, 0.3) is 5.91 Å². The minimum atomic E-state index is -1.55. The van der Waals surface area contributed by atoms with Gasteiger partial charge in [0, 0.05) is 17.8 Å². The molecule has 40 heavy (non-hydrogen) atoms. The average molecular weight is 561 g/mol. The van der Waals surface area contributed by atoms with Gasteiger partial charge in [-0.3, -0.25) is 9.59 Å². The Morgan fingerprint density at radius 2 is 1.35 bits per heavy atom. The first kappa shape index (κ1) is 29.2. The van der Waals surface area contributed by atoms with Crippen LogP contribution in [0.25, 0.3) is 0 Å². The number of rotatable bonds is 10. The number of thioether (sulfide) groups is 1. The van der Waals surface area contributed by atoms with Gasteiger partial charge in [-0.2, -0.15) is 0 Å². The third kappa shape index (κ3) is 7.64. The number of hydrogen-bond donors (Lipinski definition) is 4. The second-order valence-corrected chi connectivity index (χ2v) is 11.9. The number of urea groups is 1. The van der Waals surface area contributed by atoms with Crippen LogP contribution < -0.4 is 16.0 Å². The van der Waals surface area contributed by atoms with Crippen molar-refractivity contribution < 1.29 is 19.5 Å². The van der Waals surface area contributed by atoms with Crippen LogP contribution >= 0.6 is 11.8 Å². The zero-order valence-corrected chi connectivity index (χ0v) is 23.6. The van der Waals surface area contributed by atoms with Crippen molar-refractivity contribution in [3.05, 3.63) is 108 Å². The van der Waals surface area contributed by atoms with Crippen LogP contribution in [0.1, 0.15) is 30.5 Å². The molecule has 3 aromatic carbocycles. The van der Waals surface area contributed by atoms with Gasteiger partial charge in [-0.05, 0) is 37.0 Å². The highest BCUT2D eigenvalue weighted by Gasteiger charge is 2.49. The SMILES string of the molecule is CC1(C)SCN(C(=O)[C@@H](O)[C@H](Cc2ccccc2)NC(=O)NCc2ccccc2)[C@@H]1C(=O)NCc1ccccc1. The molecular formula is C31H36N4O4S. The standard InChI is InChI=1S/C31H36N4O4S/c1-31(2)27(28(37)32-19-23-14-8-4-9-15-23)35(21-40-31)29(38)26(36)25(18-22-12-6-3-7-13-22)34-30(39)33-20-24-16-10-5-11-17-24/h3-17,25-27,36H,18-21H2,1-2H3,(H,32,37)(H2,33,34,39)/t25-,26-,27+/m0/s1. The van der Waals surface area contributed by atoms with Crippen LogP contribution in [0.2, 0.25) is 0 Å². The molecule has 1 aliphatic rings. The molecule has 3 atom stereocenters. The number of nitrogens with one attached hydrogen (secondary N) is 3. The second kappa shape index (κ2) is 13.5. The maximum absolute atomic E-state index is 13.7. The van der Waals surface area contributed by atoms with E-state index in [0.717, 1.165) is 16.7 Å². The van der Waals surface area contributed by atoms with E-state index in [9.17, 15) is 19.5 Å². The average Bonchev–Trinajstić information content (AvgIpc) is 3.30. The Kier molecular flexibility index (Phi) is 9.84. The molecule has 210 valence electrons. The van der Waals surface area contributed by atoms with Crippen LogP contribution in [0.3, 0.4) is 0 Å². The van der Waals surface area contributed by atoms with E-state index in [-0.39, 0.29) is 18.2 Å². The summed E-state index contributed by atoms with van der Waals surface area (Å²) >= 11 is 1.48. The van der Waals surface area contributed by atoms with Gasteiger partial charge in [0.15, 0.2) is 6.10 Å². The summed E-state index contributed by atoms with van der Waals surface area (Å²) in [5.41, 5.74) is 2.73. The summed E-state index contributed by atoms with van der Waals surface area (Å²) in [4.78, 5) is 41.3. The molecule has 0 saturated carbocycles. The van der Waals surface area contributed by atoms with Gasteiger partial charge in [-0.1, -0.05) is 91.0 Å². The summed E-state index contributed by atoms with van der Waals surface area (Å²) in [7, 11) is 0. The van der Waals surface area contributed by atoms with E-state index in [0.29, 0.717) is 13.1 Å². The Hall–Kier alpha value is -3.82. The Labute approximate surface area is 239 Å². The van der Waals surface area contributed by atoms with Crippen LogP contribution in [-0.2, 0) is 29.1 Å². The molecule has 4 N–H and O–H groups in total. The van der Waals surface area contributed by atoms with Gasteiger partial charge in [0.2, 0.25) is 5.91 Å². The molecular weight excluding hydrogens is 524 g/mol. The van der Waals surface area contributed by atoms with Gasteiger partial charge in [-0.15, -0.1) is 11.8 Å². The van der Waals surface area contributed by atoms with Gasteiger partial charge < -0.3 is 26.0 Å². The first-order valence-electron chi connectivity index (χ1n) is 13.3. The molecule has 8 nitrogen and oxygen atoms in total. The van der Waals surface area contributed by atoms with Crippen molar-refractivity contribution in [3.63, 3.8) is 0 Å². The van der Waals surface area contributed by atoms with Gasteiger partial charge >= 0.3 is 6.03 Å². The van der Waals surface area contributed by atoms with Crippen LogP contribution in [0.5, 0.6) is 0 Å². The van der Waals surface area contributed by atoms with Crippen molar-refractivity contribution in [2.75, 3.05) is 5.88 Å². The number of amides is 4. The van der Waals surface area contributed by atoms with Crippen molar-refractivity contribution >= 4 is 29.6 Å². The second-order valence-electron chi connectivity index (χ2n) is 10.3. The molecule has 1 fully saturated rings. The fourth-order valence-corrected chi connectivity index (χ4v) is 5.88. The molecule has 4 amide bonds. The van der Waals surface area contributed by atoms with Crippen LogP contribution in [0.4, 0.5) is 4.79 Å². The summed E-state index contributed by atoms with van der Waals surface area (Å²) in [6.07, 6.45) is -1.32. The van der Waals surface area contributed by atoms with E-state index < -0.39 is 34.9 Å². The summed E-state index contributed by atoms with van der Waals surface area (Å²) < 4.78 is -0.564. The molecule has 0 unspecified atom stereocenters. The molecule has 9 heteroatoms. The first-order valence-corrected chi connectivity index (χ1v) is 14.3. The maximum Gasteiger partial charge on any atom is 0.315 e. The zero-order valence-electron chi connectivity index (χ0n) is 22.7. The van der Waals surface area contributed by atoms with Crippen molar-refractivity contribution in [3.8, 4) is 0 Å². The lowest BCUT2D eigenvalue weighted by atomic mass is 9.97. The Balaban J connectivity index is 1.47. The topological polar surface area (TPSA) is 111 Å². The molecule has 0 bridgehead atoms. The van der Waals surface area contributed by atoms with E-state index in [4.69, 9.17) is 0 Å². The molecule has 0 aliphatic carbocycles. The minimum Gasteiger partial charge on any atom is -0.381 e. The molecule has 0 spiro atoms. The summed E-state index contributed by atoms with van der Waals surface area (Å²) in [6, 6.07) is 26.2. The Morgan fingerprint density at radius 1 is 0.850 bits per heavy atom. The summed E-state index contributed by atoms with van der Waals surface area (Å²) in [5.74, 6) is -0.625. The highest BCUT2D eigenvalue weighted by atomic mass is 32.2. The van der Waals surface area contributed by atoms with Crippen LogP contribution in [-0.4, -0.2) is 56.7 Å². The lowest BCUT2D eigenvalue weighted by Gasteiger charge is -2.33. The Morgan fingerprint density at radius 3 is 1.90 bits per heavy atom. The zero-order chi connectivity index (χ0) is 28.5. The lowest BCUT2D eigenvalue weighted by Crippen LogP contribution is -2.59. The fourth-order valence-electron chi connectivity index (χ4n) is 4.74. The fraction of sp³-hybridized carbons (Fsp3) is 0.323. The quantitative estimate of drug-likeness (QED) is 0.304. The molecule has 0 aromatic heterocycles. The van der Waals surface area contributed by atoms with Crippen molar-refractivity contribution in [1.29, 1.82) is 0 Å². The van der Waals surface area contributed by atoms with Gasteiger partial charge in [-0.25, -0.2) is 4.79 Å². The van der Waals surface area contributed by atoms with Crippen molar-refractivity contribution in [2.24, 2.45) is 0 Å². The Bertz CT molecular complexity index is 1270. The predicted octanol–water partition coefficient (Wildman–Crippen LogP) is 3.45. The highest BCUT2D eigenvalue weighted by molar-refractivity contribution is 8.00. The van der Waals surface area contributed by atoms with E-state index in [1.54, 1.807) is 0 Å². The van der Waals surface area contributed by atoms with Gasteiger partial charge in [0.1, 0.15) is 6.04 Å². The molecule has 1 heterocycles. The minimum absolute atomic E-state index is 0.238. The third-order valence-electron chi connectivity index (χ3n) is 6.93. The van der Waals surface area contributed by atoms with Crippen LogP contribution in [0.15, 0.2) is 91.0 Å². The number of aliphatic hydroxyl groups is 1. The van der Waals surface area contributed by atoms with E-state index in [1.807, 2.05) is 105 Å². The molecule has 3 aromatic rings. The van der Waals surface area contributed by atoms with E-state index in [2.05, 4.69) is 16.0 Å². The monoisotopic (exact) mass is 560 g/mol. The molecule has 0 radical (unpaired) electrons. The molecule has 1 aliphatic heterocycles. The first-order chi connectivity index (χ1) is 19.2. The number of carbonyl (C=O) groups excluding carboxylic acids is 3. The van der Waals surface area contributed by atoms with Crippen molar-refractivity contribution in [2.45, 2.75) is 56.3 Å². The third-order valence-corrected chi connectivity index (χ3v) is 8.31. The normalized spacial score (nSPS) is 17.5. The number of carbonyl (C=O) groups is 3.